The van der Waals surface area contributed by atoms with Crippen LogP contribution in [-0.2, 0) is 22.4 Å². The Balaban J connectivity index is 1.06. The number of ether oxygens (including phenoxy) is 2. The first-order valence-electron chi connectivity index (χ1n) is 26.7. The Morgan fingerprint density at radius 1 is 0.535 bits per heavy atom. The Labute approximate surface area is 421 Å². The molecule has 6 rings (SSSR count). The topological polar surface area (TPSA) is 179 Å². The van der Waals surface area contributed by atoms with Crippen molar-refractivity contribution >= 4 is 22.9 Å². The Kier molecular flexibility index (Phi) is 21.6. The number of carbonyl (C=O) groups is 2. The summed E-state index contributed by atoms with van der Waals surface area (Å²) in [7, 11) is 0. The molecule has 0 radical (unpaired) electrons. The minimum atomic E-state index is -1.82. The molecule has 0 heterocycles. The summed E-state index contributed by atoms with van der Waals surface area (Å²) in [5, 5.41) is 47.5. The summed E-state index contributed by atoms with van der Waals surface area (Å²) in [6.07, 6.45) is 14.7. The summed E-state index contributed by atoms with van der Waals surface area (Å²) < 4.78 is 12.1. The van der Waals surface area contributed by atoms with E-state index in [4.69, 9.17) is 9.47 Å². The van der Waals surface area contributed by atoms with Gasteiger partial charge in [-0.05, 0) is 173 Å². The van der Waals surface area contributed by atoms with E-state index < -0.39 is 39.0 Å². The molecule has 2 N–H and O–H groups in total. The van der Waals surface area contributed by atoms with Crippen LogP contribution in [-0.4, -0.2) is 57.0 Å². The number of hydrogen-bond donors (Lipinski definition) is 2. The van der Waals surface area contributed by atoms with Gasteiger partial charge in [-0.3, -0.25) is 29.8 Å². The number of nitro benzene ring substituents is 2. The first-order valence-corrected chi connectivity index (χ1v) is 26.7. The molecule has 4 aromatic carbocycles. The second-order valence-corrected chi connectivity index (χ2v) is 20.6. The Hall–Kier alpha value is -5.46. The molecule has 4 aromatic rings. The number of hydrogen-bond acceptors (Lipinski definition) is 10. The number of nitrogens with zero attached hydrogens (tertiary/aromatic N) is 2. The SMILES string of the molecule is CCCC1CCC(c2ccc(OCCCCCC(=O)C(O)C(Cc3ccc([N+](=O)[O-])cc3)(Cc3ccc([N+](=O)[O-])cc3)C(O)C(=O)CCCCCOc3ccc(C4CCC(CCC)CC4)cc3)cc2)CC1. The molecule has 2 aliphatic rings. The minimum absolute atomic E-state index is 0.0255. The lowest BCUT2D eigenvalue weighted by atomic mass is 9.65. The van der Waals surface area contributed by atoms with Gasteiger partial charge < -0.3 is 19.7 Å². The number of ketones is 2. The van der Waals surface area contributed by atoms with Crippen LogP contribution in [0, 0.1) is 37.5 Å². The lowest BCUT2D eigenvalue weighted by Crippen LogP contribution is -2.55. The van der Waals surface area contributed by atoms with E-state index in [0.717, 1.165) is 23.3 Å². The first kappa shape index (κ1) is 54.9. The van der Waals surface area contributed by atoms with E-state index in [9.17, 15) is 40.0 Å². The van der Waals surface area contributed by atoms with Gasteiger partial charge in [0, 0.05) is 42.5 Å². The zero-order chi connectivity index (χ0) is 50.6. The number of non-ortho nitro benzene ring substituents is 2. The quantitative estimate of drug-likeness (QED) is 0.0290. The molecule has 2 unspecified atom stereocenters. The Morgan fingerprint density at radius 2 is 0.887 bits per heavy atom. The molecule has 0 aromatic heterocycles. The number of benzene rings is 4. The Bertz CT molecular complexity index is 2090. The smallest absolute Gasteiger partial charge is 0.269 e. The van der Waals surface area contributed by atoms with Crippen LogP contribution in [0.2, 0.25) is 0 Å². The number of nitro groups is 2. The van der Waals surface area contributed by atoms with Crippen molar-refractivity contribution < 1.29 is 39.1 Å². The van der Waals surface area contributed by atoms with Crippen LogP contribution >= 0.6 is 0 Å². The highest BCUT2D eigenvalue weighted by Gasteiger charge is 2.50. The van der Waals surface area contributed by atoms with Crippen molar-refractivity contribution in [3.8, 4) is 11.5 Å². The van der Waals surface area contributed by atoms with Crippen molar-refractivity contribution in [2.24, 2.45) is 17.3 Å². The molecule has 12 nitrogen and oxygen atoms in total. The standard InChI is InChI=1S/C59H78N2O10/c1-3-11-43-15-23-47(24-16-43)49-27-35-53(36-28-49)70-39-9-5-7-13-55(62)57(64)59(41-45-19-31-51(32-20-45)60(66)67,42-46-21-33-52(34-22-46)61(68)69)58(65)56(63)14-8-6-10-40-71-54-37-29-50(30-38-54)48-25-17-44(12-4-2)18-26-48/h19-22,27-38,43-44,47-48,57-58,64-65H,3-18,23-26,39-42H2,1-2H3. The molecule has 2 aliphatic carbocycles. The van der Waals surface area contributed by atoms with Crippen LogP contribution < -0.4 is 9.47 Å². The van der Waals surface area contributed by atoms with Gasteiger partial charge in [0.25, 0.3) is 11.4 Å². The van der Waals surface area contributed by atoms with E-state index in [1.165, 1.54) is 137 Å². The normalized spacial score (nSPS) is 19.1. The van der Waals surface area contributed by atoms with E-state index in [1.807, 2.05) is 24.3 Å². The predicted octanol–water partition coefficient (Wildman–Crippen LogP) is 13.6. The molecular formula is C59H78N2O10. The van der Waals surface area contributed by atoms with E-state index in [2.05, 4.69) is 38.1 Å². The second kappa shape index (κ2) is 28.0. The van der Waals surface area contributed by atoms with Gasteiger partial charge in [0.1, 0.15) is 23.7 Å². The van der Waals surface area contributed by atoms with Gasteiger partial charge in [-0.25, -0.2) is 0 Å². The summed E-state index contributed by atoms with van der Waals surface area (Å²) in [6.45, 7) is 5.43. The van der Waals surface area contributed by atoms with Gasteiger partial charge in [0.05, 0.1) is 23.1 Å². The minimum Gasteiger partial charge on any atom is -0.494 e. The van der Waals surface area contributed by atoms with Crippen molar-refractivity contribution in [2.75, 3.05) is 13.2 Å². The molecule has 2 fully saturated rings. The van der Waals surface area contributed by atoms with Gasteiger partial charge in [0.2, 0.25) is 0 Å². The third-order valence-electron chi connectivity index (χ3n) is 15.5. The van der Waals surface area contributed by atoms with Gasteiger partial charge in [-0.2, -0.15) is 0 Å². The monoisotopic (exact) mass is 975 g/mol. The van der Waals surface area contributed by atoms with Crippen molar-refractivity contribution in [3.05, 3.63) is 140 Å². The van der Waals surface area contributed by atoms with Crippen LogP contribution in [0.5, 0.6) is 11.5 Å². The van der Waals surface area contributed by atoms with E-state index in [-0.39, 0.29) is 37.1 Å². The zero-order valence-corrected chi connectivity index (χ0v) is 42.2. The second-order valence-electron chi connectivity index (χ2n) is 20.6. The summed E-state index contributed by atoms with van der Waals surface area (Å²) in [6, 6.07) is 28.0. The molecular weight excluding hydrogens is 897 g/mol. The maximum atomic E-state index is 14.1. The highest BCUT2D eigenvalue weighted by molar-refractivity contribution is 5.88. The number of unbranched alkanes of at least 4 members (excludes halogenated alkanes) is 4. The van der Waals surface area contributed by atoms with Gasteiger partial charge in [0.15, 0.2) is 11.6 Å². The van der Waals surface area contributed by atoms with Gasteiger partial charge in [-0.15, -0.1) is 0 Å². The fraction of sp³-hybridized carbons (Fsp3) is 0.559. The third-order valence-corrected chi connectivity index (χ3v) is 15.5. The van der Waals surface area contributed by atoms with Crippen LogP contribution in [0.4, 0.5) is 11.4 Å². The number of carbonyl (C=O) groups excluding carboxylic acids is 2. The van der Waals surface area contributed by atoms with Crippen LogP contribution in [0.3, 0.4) is 0 Å². The largest absolute Gasteiger partial charge is 0.494 e. The zero-order valence-electron chi connectivity index (χ0n) is 42.2. The lowest BCUT2D eigenvalue weighted by Gasteiger charge is -2.41. The highest BCUT2D eigenvalue weighted by atomic mass is 16.6. The molecule has 12 heteroatoms. The van der Waals surface area contributed by atoms with E-state index in [0.29, 0.717) is 74.7 Å². The Morgan fingerprint density at radius 3 is 1.21 bits per heavy atom. The lowest BCUT2D eigenvalue weighted by molar-refractivity contribution is -0.385. The van der Waals surface area contributed by atoms with E-state index >= 15 is 0 Å². The first-order chi connectivity index (χ1) is 34.4. The van der Waals surface area contributed by atoms with Crippen LogP contribution in [0.15, 0.2) is 97.1 Å². The summed E-state index contributed by atoms with van der Waals surface area (Å²) in [4.78, 5) is 50.3. The summed E-state index contributed by atoms with van der Waals surface area (Å²) >= 11 is 0. The van der Waals surface area contributed by atoms with Crippen molar-refractivity contribution in [2.45, 2.75) is 179 Å². The maximum Gasteiger partial charge on any atom is 0.269 e. The molecule has 0 amide bonds. The average molecular weight is 975 g/mol. The number of aliphatic hydroxyl groups is 2. The molecule has 384 valence electrons. The molecule has 2 saturated carbocycles. The fourth-order valence-corrected chi connectivity index (χ4v) is 11.3. The number of aliphatic hydroxyl groups excluding tert-OH is 2. The molecule has 0 saturated heterocycles. The van der Waals surface area contributed by atoms with Crippen LogP contribution in [0.1, 0.15) is 176 Å². The maximum absolute atomic E-state index is 14.1. The highest BCUT2D eigenvalue weighted by Crippen LogP contribution is 2.41. The van der Waals surface area contributed by atoms with Crippen molar-refractivity contribution in [1.29, 1.82) is 0 Å². The molecule has 0 spiro atoms. The average Bonchev–Trinajstić information content (AvgIpc) is 3.39. The summed E-state index contributed by atoms with van der Waals surface area (Å²) in [5.41, 5.74) is 1.52. The third kappa shape index (κ3) is 16.3. The molecule has 2 atom stereocenters. The predicted molar refractivity (Wildman–Crippen MR) is 278 cm³/mol. The number of Topliss-reactive ketones (excluding diaryl/α,β-unsaturated/α-hetero) is 2. The van der Waals surface area contributed by atoms with Crippen molar-refractivity contribution in [3.63, 3.8) is 0 Å². The number of rotatable bonds is 30. The molecule has 71 heavy (non-hydrogen) atoms. The fourth-order valence-electron chi connectivity index (χ4n) is 11.3. The molecule has 0 aliphatic heterocycles. The van der Waals surface area contributed by atoms with Crippen LogP contribution in [0.25, 0.3) is 0 Å². The summed E-state index contributed by atoms with van der Waals surface area (Å²) in [5.74, 6) is 3.40. The van der Waals surface area contributed by atoms with Gasteiger partial charge in [-0.1, -0.05) is 88.1 Å². The van der Waals surface area contributed by atoms with Crippen molar-refractivity contribution in [1.82, 2.24) is 0 Å². The van der Waals surface area contributed by atoms with E-state index in [1.54, 1.807) is 0 Å². The molecule has 0 bridgehead atoms. The van der Waals surface area contributed by atoms with Gasteiger partial charge >= 0.3 is 0 Å².